The highest BCUT2D eigenvalue weighted by molar-refractivity contribution is 6.07. The lowest BCUT2D eigenvalue weighted by Gasteiger charge is -2.55. The predicted octanol–water partition coefficient (Wildman–Crippen LogP) is 3.55. The van der Waals surface area contributed by atoms with Crippen LogP contribution >= 0.6 is 0 Å². The maximum absolute atomic E-state index is 14.6. The lowest BCUT2D eigenvalue weighted by atomic mass is 9.97. The molecule has 0 bridgehead atoms. The Kier molecular flexibility index (Phi) is 11.8. The SMILES string of the molecule is C=CCN1CC(=O)N2[C@@H](Cc3ccc(O)cc3)C(=O)N(Cc3cccc4c(C(=O)NCCC(=O)OCC)cn(C)c34)C[C@@H]2N1C(=O)CCc1ccccc1. The molecule has 1 aromatic heterocycles. The Hall–Kier alpha value is -5.95. The number of esters is 1. The molecule has 2 N–H and O–H groups in total. The number of aromatic nitrogens is 1. The van der Waals surface area contributed by atoms with Crippen molar-refractivity contribution in [2.75, 3.05) is 32.8 Å². The summed E-state index contributed by atoms with van der Waals surface area (Å²) in [6.45, 7) is 6.36. The summed E-state index contributed by atoms with van der Waals surface area (Å²) in [5.41, 5.74) is 3.71. The van der Waals surface area contributed by atoms with Crippen LogP contribution in [0.1, 0.15) is 46.8 Å². The van der Waals surface area contributed by atoms with Crippen LogP contribution in [0.4, 0.5) is 0 Å². The quantitative estimate of drug-likeness (QED) is 0.148. The Morgan fingerprint density at radius 2 is 1.74 bits per heavy atom. The number of nitrogens with one attached hydrogen (secondary N) is 1. The van der Waals surface area contributed by atoms with Crippen LogP contribution in [0.25, 0.3) is 10.9 Å². The zero-order valence-electron chi connectivity index (χ0n) is 30.6. The van der Waals surface area contributed by atoms with Crippen LogP contribution in [0, 0.1) is 0 Å². The molecule has 2 aliphatic rings. The number of amides is 4. The monoisotopic (exact) mass is 734 g/mol. The van der Waals surface area contributed by atoms with Gasteiger partial charge in [-0.2, -0.15) is 0 Å². The molecule has 3 aromatic carbocycles. The Balaban J connectivity index is 1.33. The molecule has 2 aliphatic heterocycles. The average molecular weight is 735 g/mol. The van der Waals surface area contributed by atoms with Crippen molar-refractivity contribution in [3.63, 3.8) is 0 Å². The standard InChI is InChI=1S/C41H46N6O7/c1-4-22-45-27-37(50)46-34(23-29-14-17-31(48)18-15-29)41(53)44(26-35(46)47(45)36(49)19-16-28-10-7-6-8-11-28)24-30-12-9-13-32-33(25-43(3)39(30)32)40(52)42-21-20-38(51)54-5-2/h4,6-15,17-18,25,34-35,48H,1,5,16,19-24,26-27H2,2-3H3,(H,42,52)/t34-,35-/m0/s1. The van der Waals surface area contributed by atoms with Gasteiger partial charge in [-0.1, -0.05) is 66.7 Å². The number of para-hydroxylation sites is 1. The van der Waals surface area contributed by atoms with Crippen molar-refractivity contribution in [2.45, 2.75) is 51.4 Å². The summed E-state index contributed by atoms with van der Waals surface area (Å²) < 4.78 is 6.81. The molecule has 2 atom stereocenters. The maximum Gasteiger partial charge on any atom is 0.307 e. The summed E-state index contributed by atoms with van der Waals surface area (Å²) in [6, 6.07) is 20.9. The minimum Gasteiger partial charge on any atom is -0.508 e. The number of benzene rings is 3. The van der Waals surface area contributed by atoms with E-state index in [1.807, 2.05) is 60.1 Å². The van der Waals surface area contributed by atoms with Gasteiger partial charge < -0.3 is 29.5 Å². The first-order chi connectivity index (χ1) is 26.1. The summed E-state index contributed by atoms with van der Waals surface area (Å²) in [5.74, 6) is -1.37. The highest BCUT2D eigenvalue weighted by atomic mass is 16.5. The molecule has 282 valence electrons. The van der Waals surface area contributed by atoms with Gasteiger partial charge in [0.25, 0.3) is 5.91 Å². The van der Waals surface area contributed by atoms with Gasteiger partial charge >= 0.3 is 5.97 Å². The zero-order valence-corrected chi connectivity index (χ0v) is 30.6. The van der Waals surface area contributed by atoms with Crippen molar-refractivity contribution in [3.05, 3.63) is 114 Å². The van der Waals surface area contributed by atoms with Crippen LogP contribution in [0.5, 0.6) is 5.75 Å². The van der Waals surface area contributed by atoms with Gasteiger partial charge in [0, 0.05) is 51.1 Å². The van der Waals surface area contributed by atoms with Gasteiger partial charge in [-0.05, 0) is 42.2 Å². The van der Waals surface area contributed by atoms with Crippen molar-refractivity contribution in [1.29, 1.82) is 0 Å². The minimum absolute atomic E-state index is 0.0503. The largest absolute Gasteiger partial charge is 0.508 e. The number of nitrogens with zero attached hydrogens (tertiary/aromatic N) is 5. The van der Waals surface area contributed by atoms with Crippen LogP contribution in [0.2, 0.25) is 0 Å². The molecule has 3 heterocycles. The number of rotatable bonds is 14. The number of hydrazine groups is 1. The summed E-state index contributed by atoms with van der Waals surface area (Å²) >= 11 is 0. The summed E-state index contributed by atoms with van der Waals surface area (Å²) in [7, 11) is 1.83. The molecule has 4 amide bonds. The number of aromatic hydroxyl groups is 1. The number of carbonyl (C=O) groups excluding carboxylic acids is 5. The molecule has 6 rings (SSSR count). The molecule has 2 saturated heterocycles. The van der Waals surface area contributed by atoms with E-state index in [1.165, 1.54) is 0 Å². The average Bonchev–Trinajstić information content (AvgIpc) is 3.50. The Bertz CT molecular complexity index is 2030. The van der Waals surface area contributed by atoms with Crippen LogP contribution < -0.4 is 5.32 Å². The van der Waals surface area contributed by atoms with E-state index in [0.717, 1.165) is 22.2 Å². The first-order valence-corrected chi connectivity index (χ1v) is 18.2. The molecule has 13 heteroatoms. The van der Waals surface area contributed by atoms with E-state index in [1.54, 1.807) is 63.3 Å². The second kappa shape index (κ2) is 16.8. The highest BCUT2D eigenvalue weighted by Crippen LogP contribution is 2.32. The number of fused-ring (bicyclic) bond motifs is 2. The van der Waals surface area contributed by atoms with Gasteiger partial charge in [0.1, 0.15) is 18.0 Å². The third-order valence-electron chi connectivity index (χ3n) is 9.87. The zero-order chi connectivity index (χ0) is 38.4. The maximum atomic E-state index is 14.6. The molecule has 0 saturated carbocycles. The number of hydrogen-bond acceptors (Lipinski definition) is 8. The fraction of sp³-hybridized carbons (Fsp3) is 0.341. The molecule has 54 heavy (non-hydrogen) atoms. The summed E-state index contributed by atoms with van der Waals surface area (Å²) in [6.07, 6.45) is 3.52. The normalized spacial score (nSPS) is 17.4. The van der Waals surface area contributed by atoms with E-state index in [9.17, 15) is 29.1 Å². The van der Waals surface area contributed by atoms with Crippen LogP contribution in [0.3, 0.4) is 0 Å². The number of aryl methyl sites for hydroxylation is 2. The Labute approximate surface area is 314 Å². The van der Waals surface area contributed by atoms with Gasteiger partial charge in [0.05, 0.1) is 37.2 Å². The van der Waals surface area contributed by atoms with Gasteiger partial charge in [-0.15, -0.1) is 6.58 Å². The van der Waals surface area contributed by atoms with Crippen molar-refractivity contribution in [2.24, 2.45) is 7.05 Å². The van der Waals surface area contributed by atoms with Gasteiger partial charge in [-0.25, -0.2) is 10.0 Å². The highest BCUT2D eigenvalue weighted by Gasteiger charge is 2.51. The Morgan fingerprint density at radius 3 is 2.46 bits per heavy atom. The number of ether oxygens (including phenoxy) is 1. The lowest BCUT2D eigenvalue weighted by Crippen LogP contribution is -2.75. The smallest absolute Gasteiger partial charge is 0.307 e. The first-order valence-electron chi connectivity index (χ1n) is 18.2. The topological polar surface area (TPSA) is 145 Å². The number of piperazine rings is 1. The van der Waals surface area contributed by atoms with Gasteiger partial charge in [-0.3, -0.25) is 24.0 Å². The lowest BCUT2D eigenvalue weighted by molar-refractivity contribution is -0.205. The van der Waals surface area contributed by atoms with E-state index in [0.29, 0.717) is 17.4 Å². The number of phenolic OH excluding ortho intramolecular Hbond substituents is 1. The van der Waals surface area contributed by atoms with E-state index < -0.39 is 18.2 Å². The number of phenols is 1. The molecule has 0 unspecified atom stereocenters. The van der Waals surface area contributed by atoms with Crippen LogP contribution in [-0.4, -0.2) is 104 Å². The number of carbonyl (C=O) groups is 5. The second-order valence-electron chi connectivity index (χ2n) is 13.5. The molecule has 0 radical (unpaired) electrons. The third-order valence-corrected chi connectivity index (χ3v) is 9.87. The van der Waals surface area contributed by atoms with Crippen molar-refractivity contribution >= 4 is 40.5 Å². The molecular formula is C41H46N6O7. The molecular weight excluding hydrogens is 688 g/mol. The summed E-state index contributed by atoms with van der Waals surface area (Å²) in [4.78, 5) is 71.1. The molecule has 4 aromatic rings. The van der Waals surface area contributed by atoms with Gasteiger partial charge in [0.2, 0.25) is 17.7 Å². The van der Waals surface area contributed by atoms with Crippen molar-refractivity contribution in [1.82, 2.24) is 29.7 Å². The fourth-order valence-electron chi connectivity index (χ4n) is 7.44. The molecule has 13 nitrogen and oxygen atoms in total. The second-order valence-corrected chi connectivity index (χ2v) is 13.5. The fourth-order valence-corrected chi connectivity index (χ4v) is 7.44. The molecule has 0 spiro atoms. The van der Waals surface area contributed by atoms with E-state index in [2.05, 4.69) is 11.9 Å². The van der Waals surface area contributed by atoms with E-state index in [4.69, 9.17) is 4.74 Å². The first kappa shape index (κ1) is 37.8. The van der Waals surface area contributed by atoms with Gasteiger partial charge in [0.15, 0.2) is 0 Å². The predicted molar refractivity (Wildman–Crippen MR) is 202 cm³/mol. The third kappa shape index (κ3) is 8.16. The van der Waals surface area contributed by atoms with Crippen LogP contribution in [0.15, 0.2) is 91.6 Å². The van der Waals surface area contributed by atoms with E-state index >= 15 is 0 Å². The van der Waals surface area contributed by atoms with Crippen molar-refractivity contribution in [3.8, 4) is 5.75 Å². The molecule has 0 aliphatic carbocycles. The van der Waals surface area contributed by atoms with E-state index in [-0.39, 0.29) is 88.0 Å². The summed E-state index contributed by atoms with van der Waals surface area (Å²) in [5, 5.41) is 16.8. The van der Waals surface area contributed by atoms with Crippen molar-refractivity contribution < 1.29 is 33.8 Å². The minimum atomic E-state index is -0.926. The molecule has 2 fully saturated rings. The Morgan fingerprint density at radius 1 is 0.981 bits per heavy atom. The number of hydrogen-bond donors (Lipinski definition) is 2. The van der Waals surface area contributed by atoms with Crippen LogP contribution in [-0.2, 0) is 50.3 Å².